The number of rotatable bonds is 0. The van der Waals surface area contributed by atoms with Gasteiger partial charge in [0, 0.05) is 23.9 Å². The topological polar surface area (TPSA) is 23.5 Å². The average Bonchev–Trinajstić information content (AvgIpc) is 2.85. The summed E-state index contributed by atoms with van der Waals surface area (Å²) in [5.41, 5.74) is 3.01. The third-order valence-electron chi connectivity index (χ3n) is 5.57. The van der Waals surface area contributed by atoms with Gasteiger partial charge in [0.2, 0.25) is 0 Å². The first-order valence-electron chi connectivity index (χ1n) is 6.66. The van der Waals surface area contributed by atoms with Gasteiger partial charge in [-0.2, -0.15) is 0 Å². The van der Waals surface area contributed by atoms with E-state index in [0.29, 0.717) is 0 Å². The van der Waals surface area contributed by atoms with Gasteiger partial charge in [0.05, 0.1) is 6.10 Å². The molecule has 1 heterocycles. The summed E-state index contributed by atoms with van der Waals surface area (Å²) in [6.07, 6.45) is 3.48. The molecule has 2 nitrogen and oxygen atoms in total. The van der Waals surface area contributed by atoms with Crippen LogP contribution in [0.15, 0.2) is 24.3 Å². The Balaban J connectivity index is 2.00. The third kappa shape index (κ3) is 0.926. The van der Waals surface area contributed by atoms with Crippen molar-refractivity contribution in [2.24, 2.45) is 5.41 Å². The molecule has 0 spiro atoms. The van der Waals surface area contributed by atoms with Crippen molar-refractivity contribution < 1.29 is 5.11 Å². The van der Waals surface area contributed by atoms with E-state index in [1.165, 1.54) is 30.4 Å². The summed E-state index contributed by atoms with van der Waals surface area (Å²) >= 11 is 0. The summed E-state index contributed by atoms with van der Waals surface area (Å²) in [5, 5.41) is 10.8. The van der Waals surface area contributed by atoms with Crippen molar-refractivity contribution in [2.75, 3.05) is 20.1 Å². The molecule has 0 amide bonds. The van der Waals surface area contributed by atoms with Gasteiger partial charge in [-0.25, -0.2) is 0 Å². The standard InChI is InChI=1S/C15H19NO/c1-16-9-14-7-4-8-15(14,10-16)13(17)11-5-2-3-6-12(11)14/h2-3,5-6,13,17H,4,7-10H2,1H3. The van der Waals surface area contributed by atoms with E-state index in [2.05, 4.69) is 36.2 Å². The van der Waals surface area contributed by atoms with Gasteiger partial charge < -0.3 is 10.0 Å². The highest BCUT2D eigenvalue weighted by atomic mass is 16.3. The number of hydrogen-bond acceptors (Lipinski definition) is 2. The number of aliphatic hydroxyl groups excluding tert-OH is 1. The molecule has 3 aliphatic rings. The monoisotopic (exact) mass is 229 g/mol. The van der Waals surface area contributed by atoms with Crippen LogP contribution < -0.4 is 0 Å². The van der Waals surface area contributed by atoms with Crippen molar-refractivity contribution in [1.29, 1.82) is 0 Å². The first-order chi connectivity index (χ1) is 8.20. The second-order valence-corrected chi connectivity index (χ2v) is 6.25. The quantitative estimate of drug-likeness (QED) is 0.736. The van der Waals surface area contributed by atoms with Gasteiger partial charge in [-0.15, -0.1) is 0 Å². The molecule has 0 bridgehead atoms. The molecule has 0 radical (unpaired) electrons. The molecule has 1 saturated heterocycles. The lowest BCUT2D eigenvalue weighted by Crippen LogP contribution is -2.38. The SMILES string of the molecule is CN1CC23CCCC2(C1)C(O)c1ccccc13. The molecule has 1 N–H and O–H groups in total. The van der Waals surface area contributed by atoms with Crippen LogP contribution >= 0.6 is 0 Å². The van der Waals surface area contributed by atoms with Crippen molar-refractivity contribution in [3.05, 3.63) is 35.4 Å². The first-order valence-corrected chi connectivity index (χ1v) is 6.66. The Morgan fingerprint density at radius 2 is 2.06 bits per heavy atom. The number of aliphatic hydroxyl groups is 1. The van der Waals surface area contributed by atoms with Crippen LogP contribution in [0, 0.1) is 5.41 Å². The van der Waals surface area contributed by atoms with E-state index in [1.807, 2.05) is 0 Å². The maximum absolute atomic E-state index is 10.8. The minimum Gasteiger partial charge on any atom is -0.388 e. The summed E-state index contributed by atoms with van der Waals surface area (Å²) in [5.74, 6) is 0. The fourth-order valence-corrected chi connectivity index (χ4v) is 5.10. The Labute approximate surface area is 102 Å². The Morgan fingerprint density at radius 3 is 2.94 bits per heavy atom. The number of nitrogens with zero attached hydrogens (tertiary/aromatic N) is 1. The molecule has 2 heteroatoms. The van der Waals surface area contributed by atoms with Crippen LogP contribution in [0.2, 0.25) is 0 Å². The predicted octanol–water partition coefficient (Wildman–Crippen LogP) is 2.09. The van der Waals surface area contributed by atoms with Crippen LogP contribution in [-0.2, 0) is 5.41 Å². The number of hydrogen-bond donors (Lipinski definition) is 1. The maximum atomic E-state index is 10.8. The average molecular weight is 229 g/mol. The van der Waals surface area contributed by atoms with Crippen molar-refractivity contribution >= 4 is 0 Å². The molecule has 3 unspecified atom stereocenters. The van der Waals surface area contributed by atoms with Crippen molar-refractivity contribution in [3.8, 4) is 0 Å². The lowest BCUT2D eigenvalue weighted by molar-refractivity contribution is 0.0233. The van der Waals surface area contributed by atoms with E-state index in [1.54, 1.807) is 0 Å². The number of likely N-dealkylation sites (tertiary alicyclic amines) is 1. The van der Waals surface area contributed by atoms with E-state index >= 15 is 0 Å². The van der Waals surface area contributed by atoms with Crippen LogP contribution in [0.5, 0.6) is 0 Å². The zero-order chi connectivity index (χ0) is 11.7. The van der Waals surface area contributed by atoms with Gasteiger partial charge in [0.15, 0.2) is 0 Å². The van der Waals surface area contributed by atoms with E-state index in [-0.39, 0.29) is 16.9 Å². The first kappa shape index (κ1) is 10.1. The Morgan fingerprint density at radius 1 is 1.24 bits per heavy atom. The van der Waals surface area contributed by atoms with Gasteiger partial charge in [-0.3, -0.25) is 0 Å². The Kier molecular flexibility index (Phi) is 1.74. The molecule has 1 aromatic carbocycles. The fraction of sp³-hybridized carbons (Fsp3) is 0.600. The Hall–Kier alpha value is -0.860. The molecule has 1 aromatic rings. The molecule has 2 aliphatic carbocycles. The minimum atomic E-state index is -0.244. The molecular formula is C15H19NO. The molecule has 1 aliphatic heterocycles. The van der Waals surface area contributed by atoms with E-state index < -0.39 is 0 Å². The molecular weight excluding hydrogens is 210 g/mol. The normalized spacial score (nSPS) is 43.5. The van der Waals surface area contributed by atoms with Crippen molar-refractivity contribution in [1.82, 2.24) is 4.90 Å². The number of fused-ring (bicyclic) bond motifs is 1. The highest BCUT2D eigenvalue weighted by molar-refractivity contribution is 5.49. The van der Waals surface area contributed by atoms with Gasteiger partial charge >= 0.3 is 0 Å². The zero-order valence-electron chi connectivity index (χ0n) is 10.3. The van der Waals surface area contributed by atoms with E-state index in [9.17, 15) is 5.11 Å². The summed E-state index contributed by atoms with van der Waals surface area (Å²) < 4.78 is 0. The molecule has 2 fully saturated rings. The second kappa shape index (κ2) is 2.93. The van der Waals surface area contributed by atoms with Crippen molar-refractivity contribution in [3.63, 3.8) is 0 Å². The van der Waals surface area contributed by atoms with Crippen molar-refractivity contribution in [2.45, 2.75) is 30.8 Å². The van der Waals surface area contributed by atoms with Gasteiger partial charge in [-0.1, -0.05) is 30.7 Å². The molecule has 4 rings (SSSR count). The lowest BCUT2D eigenvalue weighted by Gasteiger charge is -2.35. The molecule has 90 valence electrons. The minimum absolute atomic E-state index is 0.117. The highest BCUT2D eigenvalue weighted by Gasteiger charge is 2.68. The molecule has 17 heavy (non-hydrogen) atoms. The molecule has 0 aromatic heterocycles. The zero-order valence-corrected chi connectivity index (χ0v) is 10.3. The van der Waals surface area contributed by atoms with E-state index in [0.717, 1.165) is 13.1 Å². The lowest BCUT2D eigenvalue weighted by atomic mass is 9.68. The second-order valence-electron chi connectivity index (χ2n) is 6.25. The van der Waals surface area contributed by atoms with Gasteiger partial charge in [0.1, 0.15) is 0 Å². The van der Waals surface area contributed by atoms with Crippen LogP contribution in [0.25, 0.3) is 0 Å². The smallest absolute Gasteiger partial charge is 0.0870 e. The number of likely N-dealkylation sites (N-methyl/N-ethyl adjacent to an activating group) is 1. The van der Waals surface area contributed by atoms with E-state index in [4.69, 9.17) is 0 Å². The van der Waals surface area contributed by atoms with Crippen LogP contribution in [0.4, 0.5) is 0 Å². The van der Waals surface area contributed by atoms with Crippen LogP contribution in [0.3, 0.4) is 0 Å². The third-order valence-corrected chi connectivity index (χ3v) is 5.57. The molecule has 3 atom stereocenters. The highest BCUT2D eigenvalue weighted by Crippen LogP contribution is 2.68. The number of benzene rings is 1. The largest absolute Gasteiger partial charge is 0.388 e. The van der Waals surface area contributed by atoms with Gasteiger partial charge in [-0.05, 0) is 31.0 Å². The fourth-order valence-electron chi connectivity index (χ4n) is 5.10. The summed E-state index contributed by atoms with van der Waals surface area (Å²) in [7, 11) is 2.20. The molecule has 1 saturated carbocycles. The summed E-state index contributed by atoms with van der Waals surface area (Å²) in [6.45, 7) is 2.18. The predicted molar refractivity (Wildman–Crippen MR) is 66.9 cm³/mol. The van der Waals surface area contributed by atoms with Crippen LogP contribution in [0.1, 0.15) is 36.5 Å². The summed E-state index contributed by atoms with van der Waals surface area (Å²) in [6, 6.07) is 8.58. The Bertz CT molecular complexity index is 486. The van der Waals surface area contributed by atoms with Crippen LogP contribution in [-0.4, -0.2) is 30.1 Å². The van der Waals surface area contributed by atoms with Gasteiger partial charge in [0.25, 0.3) is 0 Å². The maximum Gasteiger partial charge on any atom is 0.0870 e. The summed E-state index contributed by atoms with van der Waals surface area (Å²) in [4.78, 5) is 2.42.